The van der Waals surface area contributed by atoms with Crippen LogP contribution in [-0.4, -0.2) is 29.4 Å². The van der Waals surface area contributed by atoms with Crippen LogP contribution in [0.15, 0.2) is 0 Å². The molecule has 2 unspecified atom stereocenters. The molecule has 5 nitrogen and oxygen atoms in total. The summed E-state index contributed by atoms with van der Waals surface area (Å²) >= 11 is 4.92. The first-order valence-electron chi connectivity index (χ1n) is 3.60. The Bertz CT molecular complexity index is 262. The average Bonchev–Trinajstić information content (AvgIpc) is 2.30. The van der Waals surface area contributed by atoms with Gasteiger partial charge in [-0.15, -0.1) is 0 Å². The van der Waals surface area contributed by atoms with Crippen LogP contribution in [0, 0.1) is 0 Å². The van der Waals surface area contributed by atoms with E-state index in [4.69, 9.17) is 11.6 Å². The number of cyclic esters (lactones) is 2. The third-order valence-electron chi connectivity index (χ3n) is 1.66. The Morgan fingerprint density at radius 1 is 1.46 bits per heavy atom. The topological polar surface area (TPSA) is 69.7 Å². The second kappa shape index (κ2) is 3.74. The van der Waals surface area contributed by atoms with Gasteiger partial charge in [0, 0.05) is 0 Å². The van der Waals surface area contributed by atoms with Crippen LogP contribution >= 0.6 is 11.6 Å². The van der Waals surface area contributed by atoms with Crippen molar-refractivity contribution in [3.8, 4) is 0 Å². The van der Waals surface area contributed by atoms with Gasteiger partial charge in [0.1, 0.15) is 12.2 Å². The summed E-state index contributed by atoms with van der Waals surface area (Å²) in [6.45, 7) is 1.57. The van der Waals surface area contributed by atoms with Crippen LogP contribution in [0.5, 0.6) is 0 Å². The number of carbonyl (C=O) groups excluding carboxylic acids is 3. The molecular weight excluding hydrogens is 200 g/mol. The summed E-state index contributed by atoms with van der Waals surface area (Å²) in [6, 6.07) is 0. The van der Waals surface area contributed by atoms with Crippen molar-refractivity contribution in [3.63, 3.8) is 0 Å². The number of carbonyl (C=O) groups is 3. The van der Waals surface area contributed by atoms with Gasteiger partial charge < -0.3 is 9.47 Å². The molecule has 1 rings (SSSR count). The smallest absolute Gasteiger partial charge is 0.427 e. The molecule has 6 heteroatoms. The molecule has 72 valence electrons. The molecule has 0 amide bonds. The van der Waals surface area contributed by atoms with Crippen molar-refractivity contribution >= 4 is 28.8 Å². The summed E-state index contributed by atoms with van der Waals surface area (Å²) in [4.78, 5) is 31.7. The van der Waals surface area contributed by atoms with Crippen molar-refractivity contribution in [2.45, 2.75) is 25.6 Å². The van der Waals surface area contributed by atoms with Crippen molar-refractivity contribution in [1.29, 1.82) is 0 Å². The van der Waals surface area contributed by atoms with Gasteiger partial charge >= 0.3 is 6.16 Å². The lowest BCUT2D eigenvalue weighted by atomic mass is 10.1. The lowest BCUT2D eigenvalue weighted by Gasteiger charge is -2.07. The fourth-order valence-electron chi connectivity index (χ4n) is 0.945. The summed E-state index contributed by atoms with van der Waals surface area (Å²) in [5.74, 6) is -0.781. The Hall–Kier alpha value is -1.10. The Balaban J connectivity index is 2.50. The van der Waals surface area contributed by atoms with Crippen LogP contribution in [-0.2, 0) is 19.1 Å². The molecule has 0 aromatic rings. The maximum Gasteiger partial charge on any atom is 0.509 e. The minimum absolute atomic E-state index is 0.227. The summed E-state index contributed by atoms with van der Waals surface area (Å²) in [5, 5.41) is -1.06. The maximum absolute atomic E-state index is 10.8. The van der Waals surface area contributed by atoms with Gasteiger partial charge in [-0.25, -0.2) is 4.79 Å². The van der Waals surface area contributed by atoms with Crippen molar-refractivity contribution in [2.24, 2.45) is 0 Å². The predicted octanol–water partition coefficient (Wildman–Crippen LogP) is 0.635. The number of halogens is 1. The molecule has 1 saturated heterocycles. The second-order valence-corrected chi connectivity index (χ2v) is 2.97. The SMILES string of the molecule is CC1OC(=O)OC1CC(=O)C(=O)Cl. The number of Topliss-reactive ketones (excluding diaryl/α,β-unsaturated/α-hetero) is 1. The minimum Gasteiger partial charge on any atom is -0.427 e. The Morgan fingerprint density at radius 3 is 2.46 bits per heavy atom. The van der Waals surface area contributed by atoms with Gasteiger partial charge in [-0.2, -0.15) is 0 Å². The van der Waals surface area contributed by atoms with Crippen LogP contribution < -0.4 is 0 Å². The molecule has 0 spiro atoms. The zero-order chi connectivity index (χ0) is 10.0. The van der Waals surface area contributed by atoms with Crippen LogP contribution in [0.1, 0.15) is 13.3 Å². The molecule has 0 aromatic heterocycles. The minimum atomic E-state index is -1.06. The van der Waals surface area contributed by atoms with E-state index in [0.29, 0.717) is 0 Å². The van der Waals surface area contributed by atoms with Crippen molar-refractivity contribution in [3.05, 3.63) is 0 Å². The van der Waals surface area contributed by atoms with Crippen molar-refractivity contribution in [1.82, 2.24) is 0 Å². The third kappa shape index (κ3) is 2.42. The molecule has 1 aliphatic rings. The molecular formula is C7H7ClO5. The Morgan fingerprint density at radius 2 is 2.08 bits per heavy atom. The first kappa shape index (κ1) is 9.98. The Kier molecular flexibility index (Phi) is 2.87. The number of ether oxygens (including phenoxy) is 2. The molecule has 0 saturated carbocycles. The number of ketones is 1. The molecule has 0 aromatic carbocycles. The summed E-state index contributed by atoms with van der Waals surface area (Å²) < 4.78 is 9.19. The van der Waals surface area contributed by atoms with E-state index in [1.165, 1.54) is 0 Å². The van der Waals surface area contributed by atoms with E-state index in [2.05, 4.69) is 9.47 Å². The van der Waals surface area contributed by atoms with Gasteiger partial charge in [-0.1, -0.05) is 0 Å². The van der Waals surface area contributed by atoms with E-state index in [1.54, 1.807) is 6.92 Å². The van der Waals surface area contributed by atoms with Crippen LogP contribution in [0.4, 0.5) is 4.79 Å². The van der Waals surface area contributed by atoms with Gasteiger partial charge in [-0.05, 0) is 18.5 Å². The van der Waals surface area contributed by atoms with E-state index >= 15 is 0 Å². The number of hydrogen-bond donors (Lipinski definition) is 0. The summed E-state index contributed by atoms with van der Waals surface area (Å²) in [6.07, 6.45) is -2.28. The normalized spacial score (nSPS) is 26.5. The molecule has 1 heterocycles. The van der Waals surface area contributed by atoms with E-state index in [1.807, 2.05) is 0 Å². The highest BCUT2D eigenvalue weighted by molar-refractivity contribution is 6.81. The standard InChI is InChI=1S/C7H7ClO5/c1-3-5(13-7(11)12-3)2-4(9)6(8)10/h3,5H,2H2,1H3. The van der Waals surface area contributed by atoms with Gasteiger partial charge in [0.15, 0.2) is 0 Å². The largest absolute Gasteiger partial charge is 0.509 e. The molecule has 2 atom stereocenters. The lowest BCUT2D eigenvalue weighted by molar-refractivity contribution is -0.133. The van der Waals surface area contributed by atoms with Crippen LogP contribution in [0.25, 0.3) is 0 Å². The van der Waals surface area contributed by atoms with Gasteiger partial charge in [-0.3, -0.25) is 9.59 Å². The average molecular weight is 207 g/mol. The molecule has 0 aliphatic carbocycles. The zero-order valence-electron chi connectivity index (χ0n) is 6.78. The van der Waals surface area contributed by atoms with E-state index < -0.39 is 29.4 Å². The van der Waals surface area contributed by atoms with Crippen LogP contribution in [0.3, 0.4) is 0 Å². The van der Waals surface area contributed by atoms with E-state index in [-0.39, 0.29) is 6.42 Å². The van der Waals surface area contributed by atoms with Gasteiger partial charge in [0.05, 0.1) is 6.42 Å². The predicted molar refractivity (Wildman–Crippen MR) is 41.3 cm³/mol. The van der Waals surface area contributed by atoms with E-state index in [9.17, 15) is 14.4 Å². The molecule has 1 fully saturated rings. The quantitative estimate of drug-likeness (QED) is 0.385. The van der Waals surface area contributed by atoms with Gasteiger partial charge in [0.25, 0.3) is 5.24 Å². The fraction of sp³-hybridized carbons (Fsp3) is 0.571. The molecule has 0 bridgehead atoms. The Labute approximate surface area is 78.9 Å². The highest BCUT2D eigenvalue weighted by Crippen LogP contribution is 2.18. The maximum atomic E-state index is 10.8. The van der Waals surface area contributed by atoms with Gasteiger partial charge in [0.2, 0.25) is 5.78 Å². The molecule has 13 heavy (non-hydrogen) atoms. The van der Waals surface area contributed by atoms with E-state index in [0.717, 1.165) is 0 Å². The molecule has 1 aliphatic heterocycles. The van der Waals surface area contributed by atoms with Crippen LogP contribution in [0.2, 0.25) is 0 Å². The number of hydrogen-bond acceptors (Lipinski definition) is 5. The molecule has 0 N–H and O–H groups in total. The first-order valence-corrected chi connectivity index (χ1v) is 3.98. The highest BCUT2D eigenvalue weighted by Gasteiger charge is 2.35. The summed E-state index contributed by atoms with van der Waals surface area (Å²) in [5.41, 5.74) is 0. The zero-order valence-corrected chi connectivity index (χ0v) is 7.54. The third-order valence-corrected chi connectivity index (χ3v) is 1.87. The second-order valence-electron chi connectivity index (χ2n) is 2.63. The van der Waals surface area contributed by atoms with Crippen molar-refractivity contribution < 1.29 is 23.9 Å². The highest BCUT2D eigenvalue weighted by atomic mass is 35.5. The number of rotatable bonds is 3. The van der Waals surface area contributed by atoms with Crippen molar-refractivity contribution in [2.75, 3.05) is 0 Å². The monoisotopic (exact) mass is 206 g/mol. The summed E-state index contributed by atoms with van der Waals surface area (Å²) in [7, 11) is 0. The fourth-order valence-corrected chi connectivity index (χ4v) is 1.02. The lowest BCUT2D eigenvalue weighted by Crippen LogP contribution is -2.24. The molecule has 0 radical (unpaired) electrons. The first-order chi connectivity index (χ1) is 6.00.